The maximum Gasteiger partial charge on any atom is 0.438 e. The maximum absolute atomic E-state index is 13.3. The van der Waals surface area contributed by atoms with E-state index >= 15 is 0 Å². The molecule has 0 saturated carbocycles. The zero-order chi connectivity index (χ0) is 16.7. The lowest BCUT2D eigenvalue weighted by atomic mass is 10.0. The van der Waals surface area contributed by atoms with E-state index in [0.29, 0.717) is 5.56 Å². The molecule has 0 spiro atoms. The van der Waals surface area contributed by atoms with E-state index in [1.807, 2.05) is 0 Å². The third kappa shape index (κ3) is 2.50. The first kappa shape index (κ1) is 15.3. The molecule has 1 atom stereocenters. The smallest absolute Gasteiger partial charge is 0.438 e. The first-order chi connectivity index (χ1) is 10.8. The minimum atomic E-state index is -5.07. The van der Waals surface area contributed by atoms with Crippen LogP contribution in [0.5, 0.6) is 0 Å². The Morgan fingerprint density at radius 1 is 1.22 bits per heavy atom. The third-order valence-corrected chi connectivity index (χ3v) is 3.47. The summed E-state index contributed by atoms with van der Waals surface area (Å²) in [4.78, 5) is 12.2. The lowest BCUT2D eigenvalue weighted by Gasteiger charge is -2.31. The van der Waals surface area contributed by atoms with Gasteiger partial charge in [-0.2, -0.15) is 23.3 Å². The Labute approximate surface area is 128 Å². The molecule has 1 aliphatic rings. The van der Waals surface area contributed by atoms with E-state index in [9.17, 15) is 23.1 Å². The highest BCUT2D eigenvalue weighted by molar-refractivity contribution is 6.04. The van der Waals surface area contributed by atoms with Crippen molar-refractivity contribution >= 4 is 11.6 Å². The van der Waals surface area contributed by atoms with Crippen LogP contribution in [0, 0.1) is 0 Å². The van der Waals surface area contributed by atoms with Gasteiger partial charge in [0.2, 0.25) is 0 Å². The second kappa shape index (κ2) is 5.24. The van der Waals surface area contributed by atoms with Crippen LogP contribution in [-0.4, -0.2) is 33.6 Å². The number of rotatable bonds is 2. The summed E-state index contributed by atoms with van der Waals surface area (Å²) < 4.78 is 44.8. The van der Waals surface area contributed by atoms with Crippen molar-refractivity contribution in [2.75, 3.05) is 0 Å². The van der Waals surface area contributed by atoms with E-state index in [1.165, 1.54) is 12.1 Å². The zero-order valence-corrected chi connectivity index (χ0v) is 11.6. The van der Waals surface area contributed by atoms with Crippen molar-refractivity contribution in [1.82, 2.24) is 5.01 Å². The number of carbonyl (C=O) groups is 1. The van der Waals surface area contributed by atoms with Crippen molar-refractivity contribution < 1.29 is 27.5 Å². The van der Waals surface area contributed by atoms with E-state index in [4.69, 9.17) is 4.42 Å². The molecule has 0 bridgehead atoms. The molecule has 0 saturated heterocycles. The number of halogens is 3. The second-order valence-corrected chi connectivity index (χ2v) is 5.00. The maximum atomic E-state index is 13.3. The molecule has 1 N–H and O–H groups in total. The Morgan fingerprint density at radius 2 is 1.91 bits per heavy atom. The number of furan rings is 1. The predicted molar refractivity (Wildman–Crippen MR) is 73.5 cm³/mol. The van der Waals surface area contributed by atoms with Gasteiger partial charge in [0.1, 0.15) is 0 Å². The number of amides is 1. The summed E-state index contributed by atoms with van der Waals surface area (Å²) >= 11 is 0. The average molecular weight is 324 g/mol. The van der Waals surface area contributed by atoms with Crippen LogP contribution in [-0.2, 0) is 0 Å². The van der Waals surface area contributed by atoms with E-state index in [2.05, 4.69) is 5.10 Å². The van der Waals surface area contributed by atoms with Gasteiger partial charge in [-0.3, -0.25) is 4.79 Å². The van der Waals surface area contributed by atoms with Crippen LogP contribution in [0.15, 0.2) is 58.2 Å². The van der Waals surface area contributed by atoms with E-state index in [1.54, 1.807) is 30.3 Å². The van der Waals surface area contributed by atoms with Crippen molar-refractivity contribution in [3.05, 3.63) is 60.1 Å². The summed E-state index contributed by atoms with van der Waals surface area (Å²) in [6.07, 6.45) is -4.78. The van der Waals surface area contributed by atoms with Crippen LogP contribution >= 0.6 is 0 Å². The Morgan fingerprint density at radius 3 is 2.48 bits per heavy atom. The SMILES string of the molecule is O=C(c1ccco1)N1N=C(c2ccccc2)C[C@@]1(O)C(F)(F)F. The van der Waals surface area contributed by atoms with Crippen molar-refractivity contribution in [1.29, 1.82) is 0 Å². The fourth-order valence-electron chi connectivity index (χ4n) is 2.28. The molecule has 1 aromatic carbocycles. The van der Waals surface area contributed by atoms with E-state index in [-0.39, 0.29) is 16.5 Å². The van der Waals surface area contributed by atoms with Gasteiger partial charge in [0, 0.05) is 0 Å². The van der Waals surface area contributed by atoms with Gasteiger partial charge in [-0.25, -0.2) is 0 Å². The molecule has 3 rings (SSSR count). The van der Waals surface area contributed by atoms with E-state index < -0.39 is 24.2 Å². The molecular formula is C15H11F3N2O3. The van der Waals surface area contributed by atoms with Crippen molar-refractivity contribution in [3.63, 3.8) is 0 Å². The highest BCUT2D eigenvalue weighted by atomic mass is 19.4. The van der Waals surface area contributed by atoms with E-state index in [0.717, 1.165) is 6.26 Å². The Hall–Kier alpha value is -2.61. The van der Waals surface area contributed by atoms with Crippen LogP contribution in [0.2, 0.25) is 0 Å². The van der Waals surface area contributed by atoms with Crippen molar-refractivity contribution in [3.8, 4) is 0 Å². The molecule has 1 aliphatic heterocycles. The molecule has 23 heavy (non-hydrogen) atoms. The lowest BCUT2D eigenvalue weighted by Crippen LogP contribution is -2.56. The second-order valence-electron chi connectivity index (χ2n) is 5.00. The van der Waals surface area contributed by atoms with Crippen LogP contribution in [0.1, 0.15) is 22.5 Å². The fraction of sp³-hybridized carbons (Fsp3) is 0.200. The van der Waals surface area contributed by atoms with Crippen LogP contribution in [0.4, 0.5) is 13.2 Å². The largest absolute Gasteiger partial charge is 0.459 e. The van der Waals surface area contributed by atoms with Gasteiger partial charge in [0.15, 0.2) is 5.76 Å². The van der Waals surface area contributed by atoms with Gasteiger partial charge in [-0.15, -0.1) is 0 Å². The number of alkyl halides is 3. The molecule has 2 heterocycles. The van der Waals surface area contributed by atoms with Gasteiger partial charge >= 0.3 is 12.1 Å². The van der Waals surface area contributed by atoms with Crippen LogP contribution in [0.25, 0.3) is 0 Å². The molecule has 8 heteroatoms. The summed E-state index contributed by atoms with van der Waals surface area (Å²) in [6, 6.07) is 10.6. The Balaban J connectivity index is 2.04. The predicted octanol–water partition coefficient (Wildman–Crippen LogP) is 2.78. The molecule has 5 nitrogen and oxygen atoms in total. The third-order valence-electron chi connectivity index (χ3n) is 3.47. The summed E-state index contributed by atoms with van der Waals surface area (Å²) in [7, 11) is 0. The van der Waals surface area contributed by atoms with Crippen molar-refractivity contribution in [2.24, 2.45) is 5.10 Å². The fourth-order valence-corrected chi connectivity index (χ4v) is 2.28. The van der Waals surface area contributed by atoms with Gasteiger partial charge in [0.05, 0.1) is 18.4 Å². The average Bonchev–Trinajstić information content (AvgIpc) is 3.15. The summed E-state index contributed by atoms with van der Waals surface area (Å²) in [6.45, 7) is 0. The molecule has 0 radical (unpaired) electrons. The van der Waals surface area contributed by atoms with Gasteiger partial charge in [-0.1, -0.05) is 30.3 Å². The monoisotopic (exact) mass is 324 g/mol. The topological polar surface area (TPSA) is 66.0 Å². The molecule has 0 fully saturated rings. The number of hydrogen-bond acceptors (Lipinski definition) is 4. The Bertz CT molecular complexity index is 741. The number of hydrogen-bond donors (Lipinski definition) is 1. The molecule has 2 aromatic rings. The molecule has 1 amide bonds. The minimum Gasteiger partial charge on any atom is -0.459 e. The number of hydrazone groups is 1. The molecular weight excluding hydrogens is 313 g/mol. The summed E-state index contributed by atoms with van der Waals surface area (Å²) in [5.41, 5.74) is -3.06. The quantitative estimate of drug-likeness (QED) is 0.924. The molecule has 0 unspecified atom stereocenters. The molecule has 0 aliphatic carbocycles. The first-order valence-corrected chi connectivity index (χ1v) is 6.63. The zero-order valence-electron chi connectivity index (χ0n) is 11.6. The minimum absolute atomic E-state index is 0.0359. The Kier molecular flexibility index (Phi) is 3.48. The number of benzene rings is 1. The van der Waals surface area contributed by atoms with Crippen LogP contribution < -0.4 is 0 Å². The molecule has 120 valence electrons. The highest BCUT2D eigenvalue weighted by Gasteiger charge is 2.63. The van der Waals surface area contributed by atoms with Gasteiger partial charge in [-0.05, 0) is 17.7 Å². The lowest BCUT2D eigenvalue weighted by molar-refractivity contribution is -0.297. The van der Waals surface area contributed by atoms with Gasteiger partial charge < -0.3 is 9.52 Å². The number of carbonyl (C=O) groups excluding carboxylic acids is 1. The number of nitrogens with zero attached hydrogens (tertiary/aromatic N) is 2. The number of aliphatic hydroxyl groups is 1. The standard InChI is InChI=1S/C15H11F3N2O3/c16-15(17,18)14(22)9-11(10-5-2-1-3-6-10)19-20(14)13(21)12-7-4-8-23-12/h1-8,22H,9H2/t14-/m1/s1. The van der Waals surface area contributed by atoms with Crippen LogP contribution in [0.3, 0.4) is 0 Å². The van der Waals surface area contributed by atoms with Gasteiger partial charge in [0.25, 0.3) is 5.72 Å². The van der Waals surface area contributed by atoms with Crippen molar-refractivity contribution in [2.45, 2.75) is 18.3 Å². The first-order valence-electron chi connectivity index (χ1n) is 6.63. The normalized spacial score (nSPS) is 21.4. The highest BCUT2D eigenvalue weighted by Crippen LogP contribution is 2.41. The summed E-state index contributed by atoms with van der Waals surface area (Å²) in [5.74, 6) is -1.51. The summed E-state index contributed by atoms with van der Waals surface area (Å²) in [5, 5.41) is 13.9. The molecule has 1 aromatic heterocycles.